The maximum atomic E-state index is 12.3. The van der Waals surface area contributed by atoms with E-state index < -0.39 is 0 Å². The molecule has 0 aliphatic heterocycles. The van der Waals surface area contributed by atoms with Crippen LogP contribution < -0.4 is 10.6 Å². The lowest BCUT2D eigenvalue weighted by Crippen LogP contribution is -2.25. The molecule has 0 aliphatic rings. The minimum absolute atomic E-state index is 0.0863. The summed E-state index contributed by atoms with van der Waals surface area (Å²) in [7, 11) is 0. The summed E-state index contributed by atoms with van der Waals surface area (Å²) < 4.78 is 0.773. The number of hydrogen-bond donors (Lipinski definition) is 2. The van der Waals surface area contributed by atoms with Crippen molar-refractivity contribution in [2.24, 2.45) is 0 Å². The number of nitrogens with zero attached hydrogens (tertiary/aromatic N) is 1. The quantitative estimate of drug-likeness (QED) is 0.447. The molecule has 1 heterocycles. The molecular weight excluding hydrogens is 378 g/mol. The Bertz CT molecular complexity index is 963. The van der Waals surface area contributed by atoms with Crippen molar-refractivity contribution in [2.45, 2.75) is 10.8 Å². The summed E-state index contributed by atoms with van der Waals surface area (Å²) >= 11 is 2.80. The molecule has 2 N–H and O–H groups in total. The minimum atomic E-state index is -0.0922. The number of hydrogen-bond acceptors (Lipinski definition) is 5. The van der Waals surface area contributed by atoms with E-state index in [1.54, 1.807) is 6.08 Å². The van der Waals surface area contributed by atoms with Crippen LogP contribution >= 0.6 is 23.1 Å². The van der Waals surface area contributed by atoms with E-state index in [9.17, 15) is 9.59 Å². The molecule has 0 fully saturated rings. The van der Waals surface area contributed by atoms with E-state index in [0.717, 1.165) is 20.8 Å². The van der Waals surface area contributed by atoms with E-state index >= 15 is 0 Å². The van der Waals surface area contributed by atoms with Crippen molar-refractivity contribution in [3.63, 3.8) is 0 Å². The maximum absolute atomic E-state index is 12.3. The second-order valence-electron chi connectivity index (χ2n) is 5.74. The molecule has 3 aromatic rings. The van der Waals surface area contributed by atoms with E-state index in [0.29, 0.717) is 12.2 Å². The Balaban J connectivity index is 1.53. The van der Waals surface area contributed by atoms with Gasteiger partial charge in [-0.15, -0.1) is 17.9 Å². The predicted molar refractivity (Wildman–Crippen MR) is 112 cm³/mol. The molecule has 138 valence electrons. The Labute approximate surface area is 165 Å². The number of carbonyl (C=O) groups is 2. The number of nitrogens with one attached hydrogen (secondary N) is 2. The highest BCUT2D eigenvalue weighted by Crippen LogP contribution is 2.25. The third-order valence-electron chi connectivity index (χ3n) is 3.71. The summed E-state index contributed by atoms with van der Waals surface area (Å²) in [4.78, 5) is 28.4. The van der Waals surface area contributed by atoms with Crippen molar-refractivity contribution in [3.8, 4) is 0 Å². The molecule has 0 spiro atoms. The van der Waals surface area contributed by atoms with Gasteiger partial charge in [-0.25, -0.2) is 4.98 Å². The number of anilines is 1. The van der Waals surface area contributed by atoms with E-state index in [4.69, 9.17) is 0 Å². The van der Waals surface area contributed by atoms with Crippen molar-refractivity contribution in [1.29, 1.82) is 0 Å². The molecular formula is C20H19N3O2S2. The van der Waals surface area contributed by atoms with Crippen molar-refractivity contribution in [2.75, 3.05) is 17.6 Å². The zero-order valence-corrected chi connectivity index (χ0v) is 16.2. The summed E-state index contributed by atoms with van der Waals surface area (Å²) in [5.74, 6) is 0.0843. The Morgan fingerprint density at radius 2 is 1.96 bits per heavy atom. The molecule has 2 amide bonds. The van der Waals surface area contributed by atoms with Gasteiger partial charge in [-0.3, -0.25) is 9.59 Å². The monoisotopic (exact) mass is 397 g/mol. The first kappa shape index (κ1) is 19.1. The molecule has 1 aromatic heterocycles. The van der Waals surface area contributed by atoms with Gasteiger partial charge < -0.3 is 10.6 Å². The Morgan fingerprint density at radius 3 is 2.81 bits per heavy atom. The molecule has 0 saturated heterocycles. The number of rotatable bonds is 8. The minimum Gasteiger partial charge on any atom is -0.352 e. The fourth-order valence-corrected chi connectivity index (χ4v) is 4.14. The van der Waals surface area contributed by atoms with Crippen molar-refractivity contribution < 1.29 is 9.59 Å². The number of benzene rings is 2. The summed E-state index contributed by atoms with van der Waals surface area (Å²) in [6, 6.07) is 13.8. The molecule has 0 unspecified atom stereocenters. The van der Waals surface area contributed by atoms with Crippen LogP contribution in [0.4, 0.5) is 5.69 Å². The standard InChI is InChI=1S/C20H19N3O2S2/c1-2-10-21-18(24)11-15-12-26-20(22-15)27-13-19(25)23-17-9-5-7-14-6-3-4-8-16(14)17/h2-9,12H,1,10-11,13H2,(H,21,24)(H,23,25). The smallest absolute Gasteiger partial charge is 0.234 e. The average Bonchev–Trinajstić information content (AvgIpc) is 3.12. The SMILES string of the molecule is C=CCNC(=O)Cc1csc(SCC(=O)Nc2cccc3ccccc23)n1. The molecule has 0 saturated carbocycles. The van der Waals surface area contributed by atoms with Crippen LogP contribution in [-0.2, 0) is 16.0 Å². The number of thiazole rings is 1. The molecule has 0 atom stereocenters. The van der Waals surface area contributed by atoms with Crippen molar-refractivity contribution in [3.05, 3.63) is 66.2 Å². The summed E-state index contributed by atoms with van der Waals surface area (Å²) in [5.41, 5.74) is 1.51. The van der Waals surface area contributed by atoms with Crippen LogP contribution in [0.3, 0.4) is 0 Å². The Kier molecular flexibility index (Phi) is 6.62. The van der Waals surface area contributed by atoms with Crippen LogP contribution in [0.5, 0.6) is 0 Å². The van der Waals surface area contributed by atoms with Crippen LogP contribution in [0.2, 0.25) is 0 Å². The Morgan fingerprint density at radius 1 is 1.15 bits per heavy atom. The number of carbonyl (C=O) groups excluding carboxylic acids is 2. The summed E-state index contributed by atoms with van der Waals surface area (Å²) in [5, 5.41) is 9.63. The van der Waals surface area contributed by atoms with Crippen LogP contribution in [0.25, 0.3) is 10.8 Å². The molecule has 0 aliphatic carbocycles. The first-order valence-corrected chi connectivity index (χ1v) is 10.2. The van der Waals surface area contributed by atoms with Gasteiger partial charge in [-0.2, -0.15) is 0 Å². The van der Waals surface area contributed by atoms with Crippen LogP contribution in [0, 0.1) is 0 Å². The van der Waals surface area contributed by atoms with Gasteiger partial charge in [-0.05, 0) is 11.5 Å². The summed E-state index contributed by atoms with van der Waals surface area (Å²) in [6.45, 7) is 4.01. The third kappa shape index (κ3) is 5.42. The topological polar surface area (TPSA) is 71.1 Å². The van der Waals surface area contributed by atoms with Crippen molar-refractivity contribution >= 4 is 51.4 Å². The Hall–Kier alpha value is -2.64. The molecule has 0 bridgehead atoms. The highest BCUT2D eigenvalue weighted by atomic mass is 32.2. The highest BCUT2D eigenvalue weighted by molar-refractivity contribution is 8.01. The van der Waals surface area contributed by atoms with E-state index in [2.05, 4.69) is 22.2 Å². The second-order valence-corrected chi connectivity index (χ2v) is 7.82. The third-order valence-corrected chi connectivity index (χ3v) is 5.78. The maximum Gasteiger partial charge on any atom is 0.234 e. The zero-order chi connectivity index (χ0) is 19.1. The average molecular weight is 398 g/mol. The lowest BCUT2D eigenvalue weighted by Gasteiger charge is -2.08. The molecule has 2 aromatic carbocycles. The predicted octanol–water partition coefficient (Wildman–Crippen LogP) is 3.87. The van der Waals surface area contributed by atoms with E-state index in [1.165, 1.54) is 23.1 Å². The van der Waals surface area contributed by atoms with Crippen LogP contribution in [0.15, 0.2) is 64.8 Å². The second kappa shape index (κ2) is 9.34. The van der Waals surface area contributed by atoms with Crippen LogP contribution in [-0.4, -0.2) is 29.1 Å². The number of aromatic nitrogens is 1. The first-order valence-electron chi connectivity index (χ1n) is 8.38. The molecule has 0 radical (unpaired) electrons. The van der Waals surface area contributed by atoms with Crippen LogP contribution in [0.1, 0.15) is 5.69 Å². The normalized spacial score (nSPS) is 10.5. The van der Waals surface area contributed by atoms with Crippen molar-refractivity contribution in [1.82, 2.24) is 10.3 Å². The van der Waals surface area contributed by atoms with E-state index in [-0.39, 0.29) is 24.0 Å². The molecule has 3 rings (SSSR count). The van der Waals surface area contributed by atoms with Gasteiger partial charge in [0.05, 0.1) is 17.9 Å². The lowest BCUT2D eigenvalue weighted by atomic mass is 10.1. The van der Waals surface area contributed by atoms with E-state index in [1.807, 2.05) is 47.8 Å². The molecule has 27 heavy (non-hydrogen) atoms. The van der Waals surface area contributed by atoms with Gasteiger partial charge in [0.25, 0.3) is 0 Å². The fraction of sp³-hybridized carbons (Fsp3) is 0.150. The van der Waals surface area contributed by atoms with Gasteiger partial charge in [-0.1, -0.05) is 54.2 Å². The van der Waals surface area contributed by atoms with Gasteiger partial charge in [0.2, 0.25) is 11.8 Å². The molecule has 7 heteroatoms. The van der Waals surface area contributed by atoms with Gasteiger partial charge in [0.1, 0.15) is 0 Å². The summed E-state index contributed by atoms with van der Waals surface area (Å²) in [6.07, 6.45) is 1.86. The number of amides is 2. The largest absolute Gasteiger partial charge is 0.352 e. The highest BCUT2D eigenvalue weighted by Gasteiger charge is 2.10. The molecule has 5 nitrogen and oxygen atoms in total. The van der Waals surface area contributed by atoms with Gasteiger partial charge in [0.15, 0.2) is 4.34 Å². The number of fused-ring (bicyclic) bond motifs is 1. The first-order chi connectivity index (χ1) is 13.2. The fourth-order valence-electron chi connectivity index (χ4n) is 2.50. The van der Waals surface area contributed by atoms with Gasteiger partial charge >= 0.3 is 0 Å². The number of thioether (sulfide) groups is 1. The zero-order valence-electron chi connectivity index (χ0n) is 14.6. The lowest BCUT2D eigenvalue weighted by molar-refractivity contribution is -0.120. The van der Waals surface area contributed by atoms with Gasteiger partial charge in [0, 0.05) is 23.0 Å².